The summed E-state index contributed by atoms with van der Waals surface area (Å²) >= 11 is 0. The minimum atomic E-state index is -0.933. The van der Waals surface area contributed by atoms with Crippen molar-refractivity contribution in [1.29, 1.82) is 0 Å². The zero-order valence-corrected chi connectivity index (χ0v) is 9.41. The zero-order chi connectivity index (χ0) is 13.1. The van der Waals surface area contributed by atoms with E-state index in [-0.39, 0.29) is 18.0 Å². The molecular weight excluding hydrogens is 246 g/mol. The van der Waals surface area contributed by atoms with Crippen LogP contribution < -0.4 is 11.1 Å². The number of nitrogens with two attached hydrogens (primary N) is 1. The fourth-order valence-corrected chi connectivity index (χ4v) is 1.57. The molecule has 0 bridgehead atoms. The molecule has 98 valence electrons. The smallest absolute Gasteiger partial charge is 0.256 e. The van der Waals surface area contributed by atoms with Gasteiger partial charge in [-0.2, -0.15) is 0 Å². The number of carbonyl (C=O) groups excluding carboxylic acids is 1. The highest BCUT2D eigenvalue weighted by molar-refractivity contribution is 5.97. The Morgan fingerprint density at radius 1 is 1.39 bits per heavy atom. The molecule has 1 atom stereocenters. The molecule has 1 heterocycles. The van der Waals surface area contributed by atoms with Gasteiger partial charge in [0.15, 0.2) is 11.9 Å². The van der Waals surface area contributed by atoms with Crippen LogP contribution in [0.5, 0.6) is 0 Å². The Hall–Kier alpha value is -1.73. The summed E-state index contributed by atoms with van der Waals surface area (Å²) in [6.07, 6.45) is -0.817. The second-order valence-corrected chi connectivity index (χ2v) is 3.78. The van der Waals surface area contributed by atoms with Crippen LogP contribution in [0.2, 0.25) is 0 Å². The highest BCUT2D eigenvalue weighted by atomic mass is 19.1. The molecule has 1 saturated heterocycles. The van der Waals surface area contributed by atoms with Crippen molar-refractivity contribution in [3.8, 4) is 0 Å². The first-order chi connectivity index (χ1) is 8.58. The van der Waals surface area contributed by atoms with E-state index in [1.165, 1.54) is 0 Å². The highest BCUT2D eigenvalue weighted by Gasteiger charge is 2.24. The summed E-state index contributed by atoms with van der Waals surface area (Å²) in [5.74, 6) is -2.32. The number of ether oxygens (including phenoxy) is 2. The van der Waals surface area contributed by atoms with Gasteiger partial charge in [-0.25, -0.2) is 8.78 Å². The van der Waals surface area contributed by atoms with E-state index in [0.29, 0.717) is 19.3 Å². The van der Waals surface area contributed by atoms with Crippen LogP contribution in [0.3, 0.4) is 0 Å². The lowest BCUT2D eigenvalue weighted by atomic mass is 10.2. The SMILES string of the molecule is Nc1cc(F)cc(F)c1NC(=O)C1COCCO1. The fourth-order valence-electron chi connectivity index (χ4n) is 1.57. The van der Waals surface area contributed by atoms with Crippen molar-refractivity contribution in [3.05, 3.63) is 23.8 Å². The lowest BCUT2D eigenvalue weighted by Crippen LogP contribution is -2.39. The number of nitrogens with one attached hydrogen (secondary N) is 1. The molecule has 0 aliphatic carbocycles. The van der Waals surface area contributed by atoms with Crippen molar-refractivity contribution < 1.29 is 23.0 Å². The van der Waals surface area contributed by atoms with E-state index in [9.17, 15) is 13.6 Å². The predicted molar refractivity (Wildman–Crippen MR) is 60.0 cm³/mol. The molecule has 0 spiro atoms. The van der Waals surface area contributed by atoms with Gasteiger partial charge in [0.05, 0.1) is 25.5 Å². The average Bonchev–Trinajstić information content (AvgIpc) is 2.34. The number of carbonyl (C=O) groups is 1. The first-order valence-corrected chi connectivity index (χ1v) is 5.32. The number of hydrogen-bond donors (Lipinski definition) is 2. The fraction of sp³-hybridized carbons (Fsp3) is 0.364. The van der Waals surface area contributed by atoms with Crippen LogP contribution in [-0.4, -0.2) is 31.8 Å². The molecule has 1 fully saturated rings. The molecule has 1 aliphatic rings. The minimum absolute atomic E-state index is 0.0918. The average molecular weight is 258 g/mol. The van der Waals surface area contributed by atoms with E-state index in [1.54, 1.807) is 0 Å². The van der Waals surface area contributed by atoms with Crippen LogP contribution in [0.4, 0.5) is 20.2 Å². The van der Waals surface area contributed by atoms with Crippen molar-refractivity contribution in [1.82, 2.24) is 0 Å². The monoisotopic (exact) mass is 258 g/mol. The highest BCUT2D eigenvalue weighted by Crippen LogP contribution is 2.24. The molecule has 18 heavy (non-hydrogen) atoms. The molecule has 1 aromatic carbocycles. The lowest BCUT2D eigenvalue weighted by molar-refractivity contribution is -0.142. The van der Waals surface area contributed by atoms with E-state index in [2.05, 4.69) is 5.32 Å². The van der Waals surface area contributed by atoms with Gasteiger partial charge in [0.25, 0.3) is 5.91 Å². The summed E-state index contributed by atoms with van der Waals surface area (Å²) in [5, 5.41) is 2.26. The van der Waals surface area contributed by atoms with Gasteiger partial charge in [-0.1, -0.05) is 0 Å². The van der Waals surface area contributed by atoms with Crippen LogP contribution in [0.15, 0.2) is 12.1 Å². The normalized spacial score (nSPS) is 19.6. The third-order valence-electron chi connectivity index (χ3n) is 2.44. The van der Waals surface area contributed by atoms with Gasteiger partial charge in [0.2, 0.25) is 0 Å². The Labute approximate surface area is 102 Å². The third kappa shape index (κ3) is 2.74. The Morgan fingerprint density at radius 2 is 2.17 bits per heavy atom. The van der Waals surface area contributed by atoms with Crippen LogP contribution in [0.1, 0.15) is 0 Å². The Balaban J connectivity index is 2.11. The molecule has 1 aliphatic heterocycles. The lowest BCUT2D eigenvalue weighted by Gasteiger charge is -2.22. The maximum Gasteiger partial charge on any atom is 0.256 e. The maximum atomic E-state index is 13.4. The maximum absolute atomic E-state index is 13.4. The Kier molecular flexibility index (Phi) is 3.73. The van der Waals surface area contributed by atoms with Crippen LogP contribution in [-0.2, 0) is 14.3 Å². The van der Waals surface area contributed by atoms with Crippen molar-refractivity contribution in [2.45, 2.75) is 6.10 Å². The Morgan fingerprint density at radius 3 is 2.78 bits per heavy atom. The number of halogens is 2. The zero-order valence-electron chi connectivity index (χ0n) is 9.41. The van der Waals surface area contributed by atoms with Crippen molar-refractivity contribution in [2.75, 3.05) is 30.9 Å². The summed E-state index contributed by atoms with van der Waals surface area (Å²) in [6.45, 7) is 0.796. The first kappa shape index (κ1) is 12.7. The van der Waals surface area contributed by atoms with Gasteiger partial charge in [-0.15, -0.1) is 0 Å². The number of benzene rings is 1. The van der Waals surface area contributed by atoms with Crippen LogP contribution in [0.25, 0.3) is 0 Å². The summed E-state index contributed by atoms with van der Waals surface area (Å²) in [6, 6.07) is 1.57. The summed E-state index contributed by atoms with van der Waals surface area (Å²) in [5.41, 5.74) is 5.00. The second kappa shape index (κ2) is 5.28. The third-order valence-corrected chi connectivity index (χ3v) is 2.44. The molecule has 1 amide bonds. The van der Waals surface area contributed by atoms with Gasteiger partial charge in [-0.3, -0.25) is 4.79 Å². The molecule has 0 saturated carbocycles. The largest absolute Gasteiger partial charge is 0.397 e. The van der Waals surface area contributed by atoms with Gasteiger partial charge >= 0.3 is 0 Å². The van der Waals surface area contributed by atoms with Crippen LogP contribution in [0, 0.1) is 11.6 Å². The van der Waals surface area contributed by atoms with Crippen molar-refractivity contribution in [2.24, 2.45) is 0 Å². The molecule has 1 unspecified atom stereocenters. The standard InChI is InChI=1S/C11H12F2N2O3/c12-6-3-7(13)10(8(14)4-6)15-11(16)9-5-17-1-2-18-9/h3-4,9H,1-2,5,14H2,(H,15,16). The topological polar surface area (TPSA) is 73.6 Å². The van der Waals surface area contributed by atoms with Crippen molar-refractivity contribution in [3.63, 3.8) is 0 Å². The second-order valence-electron chi connectivity index (χ2n) is 3.78. The molecule has 7 heteroatoms. The minimum Gasteiger partial charge on any atom is -0.397 e. The quantitative estimate of drug-likeness (QED) is 0.773. The summed E-state index contributed by atoms with van der Waals surface area (Å²) in [4.78, 5) is 11.7. The molecule has 0 aromatic heterocycles. The summed E-state index contributed by atoms with van der Waals surface area (Å²) < 4.78 is 36.4. The Bertz CT molecular complexity index is 439. The number of rotatable bonds is 2. The van der Waals surface area contributed by atoms with E-state index >= 15 is 0 Å². The summed E-state index contributed by atoms with van der Waals surface area (Å²) in [7, 11) is 0. The van der Waals surface area contributed by atoms with E-state index < -0.39 is 23.6 Å². The van der Waals surface area contributed by atoms with E-state index in [0.717, 1.165) is 6.07 Å². The van der Waals surface area contributed by atoms with E-state index in [1.807, 2.05) is 0 Å². The van der Waals surface area contributed by atoms with Gasteiger partial charge in [0.1, 0.15) is 11.5 Å². The first-order valence-electron chi connectivity index (χ1n) is 5.32. The molecule has 0 radical (unpaired) electrons. The number of anilines is 2. The molecule has 2 rings (SSSR count). The molecule has 5 nitrogen and oxygen atoms in total. The number of hydrogen-bond acceptors (Lipinski definition) is 4. The van der Waals surface area contributed by atoms with Gasteiger partial charge in [-0.05, 0) is 6.07 Å². The van der Waals surface area contributed by atoms with E-state index in [4.69, 9.17) is 15.2 Å². The molecule has 1 aromatic rings. The van der Waals surface area contributed by atoms with Gasteiger partial charge < -0.3 is 20.5 Å². The number of nitrogen functional groups attached to an aromatic ring is 1. The van der Waals surface area contributed by atoms with Crippen molar-refractivity contribution >= 4 is 17.3 Å². The van der Waals surface area contributed by atoms with Gasteiger partial charge in [0, 0.05) is 6.07 Å². The predicted octanol–water partition coefficient (Wildman–Crippen LogP) is 0.901. The van der Waals surface area contributed by atoms with Crippen LogP contribution >= 0.6 is 0 Å². The molecular formula is C11H12F2N2O3. The molecule has 3 N–H and O–H groups in total. The number of amides is 1.